The summed E-state index contributed by atoms with van der Waals surface area (Å²) in [7, 11) is 0. The molecule has 0 spiro atoms. The van der Waals surface area contributed by atoms with Crippen molar-refractivity contribution >= 4 is 11.6 Å². The van der Waals surface area contributed by atoms with Crippen LogP contribution in [0.3, 0.4) is 0 Å². The van der Waals surface area contributed by atoms with Gasteiger partial charge in [0.2, 0.25) is 5.91 Å². The molecule has 0 aliphatic carbocycles. The summed E-state index contributed by atoms with van der Waals surface area (Å²) in [5, 5.41) is 6.08. The van der Waals surface area contributed by atoms with Gasteiger partial charge in [0, 0.05) is 11.3 Å². The molecule has 1 aliphatic rings. The van der Waals surface area contributed by atoms with E-state index in [1.807, 2.05) is 24.3 Å². The van der Waals surface area contributed by atoms with Crippen LogP contribution in [0, 0.1) is 0 Å². The van der Waals surface area contributed by atoms with E-state index in [1.54, 1.807) is 0 Å². The van der Waals surface area contributed by atoms with Crippen molar-refractivity contribution in [3.8, 4) is 0 Å². The van der Waals surface area contributed by atoms with Crippen LogP contribution < -0.4 is 10.6 Å². The molecule has 0 aromatic heterocycles. The lowest BCUT2D eigenvalue weighted by atomic mass is 10.1. The number of benzene rings is 1. The second-order valence-electron chi connectivity index (χ2n) is 3.46. The highest BCUT2D eigenvalue weighted by atomic mass is 16.2. The Hall–Kier alpha value is -1.35. The lowest BCUT2D eigenvalue weighted by Crippen LogP contribution is -2.27. The fourth-order valence-corrected chi connectivity index (χ4v) is 1.70. The van der Waals surface area contributed by atoms with Crippen LogP contribution in [0.5, 0.6) is 0 Å². The number of carbonyl (C=O) groups excluding carboxylic acids is 1. The minimum absolute atomic E-state index is 0.0552. The molecule has 3 nitrogen and oxygen atoms in total. The fourth-order valence-electron chi connectivity index (χ4n) is 1.70. The van der Waals surface area contributed by atoms with E-state index in [2.05, 4.69) is 17.6 Å². The van der Waals surface area contributed by atoms with Crippen molar-refractivity contribution in [2.75, 3.05) is 11.9 Å². The third-order valence-corrected chi connectivity index (χ3v) is 2.39. The third kappa shape index (κ3) is 1.51. The van der Waals surface area contributed by atoms with E-state index in [9.17, 15) is 4.79 Å². The van der Waals surface area contributed by atoms with Gasteiger partial charge in [0.1, 0.15) is 6.04 Å². The Morgan fingerprint density at radius 3 is 3.00 bits per heavy atom. The summed E-state index contributed by atoms with van der Waals surface area (Å²) in [5.74, 6) is 0.0552. The number of hydrogen-bond donors (Lipinski definition) is 2. The summed E-state index contributed by atoms with van der Waals surface area (Å²) in [4.78, 5) is 11.6. The van der Waals surface area contributed by atoms with Crippen LogP contribution in [0.4, 0.5) is 5.69 Å². The van der Waals surface area contributed by atoms with Gasteiger partial charge in [-0.2, -0.15) is 0 Å². The van der Waals surface area contributed by atoms with Crippen LogP contribution in [0.25, 0.3) is 0 Å². The predicted molar refractivity (Wildman–Crippen MR) is 56.1 cm³/mol. The SMILES string of the molecule is CCCN[C@H]1C(=O)Nc2ccccc21. The van der Waals surface area contributed by atoms with Crippen LogP contribution in [0.1, 0.15) is 24.9 Å². The van der Waals surface area contributed by atoms with Crippen molar-refractivity contribution in [1.29, 1.82) is 0 Å². The molecule has 2 N–H and O–H groups in total. The average molecular weight is 190 g/mol. The van der Waals surface area contributed by atoms with Gasteiger partial charge >= 0.3 is 0 Å². The Bertz CT molecular complexity index is 349. The van der Waals surface area contributed by atoms with Crippen molar-refractivity contribution < 1.29 is 4.79 Å². The molecule has 0 bridgehead atoms. The number of carbonyl (C=O) groups is 1. The average Bonchev–Trinajstić information content (AvgIpc) is 2.51. The third-order valence-electron chi connectivity index (χ3n) is 2.39. The first-order valence-electron chi connectivity index (χ1n) is 4.96. The van der Waals surface area contributed by atoms with Gasteiger partial charge in [-0.25, -0.2) is 0 Å². The minimum Gasteiger partial charge on any atom is -0.324 e. The minimum atomic E-state index is -0.161. The summed E-state index contributed by atoms with van der Waals surface area (Å²) in [5.41, 5.74) is 2.00. The Kier molecular flexibility index (Phi) is 2.50. The number of amides is 1. The van der Waals surface area contributed by atoms with Gasteiger partial charge in [-0.1, -0.05) is 25.1 Å². The zero-order valence-corrected chi connectivity index (χ0v) is 8.21. The second-order valence-corrected chi connectivity index (χ2v) is 3.46. The van der Waals surface area contributed by atoms with Crippen molar-refractivity contribution in [1.82, 2.24) is 5.32 Å². The summed E-state index contributed by atoms with van der Waals surface area (Å²) in [6.07, 6.45) is 1.03. The monoisotopic (exact) mass is 190 g/mol. The van der Waals surface area contributed by atoms with Crippen LogP contribution >= 0.6 is 0 Å². The smallest absolute Gasteiger partial charge is 0.246 e. The van der Waals surface area contributed by atoms with Crippen molar-refractivity contribution in [2.45, 2.75) is 19.4 Å². The zero-order chi connectivity index (χ0) is 9.97. The maximum atomic E-state index is 11.6. The first-order chi connectivity index (χ1) is 6.83. The summed E-state index contributed by atoms with van der Waals surface area (Å²) >= 11 is 0. The molecule has 0 saturated heterocycles. The number of anilines is 1. The Morgan fingerprint density at radius 2 is 2.21 bits per heavy atom. The Morgan fingerprint density at radius 1 is 1.43 bits per heavy atom. The van der Waals surface area contributed by atoms with E-state index in [0.29, 0.717) is 0 Å². The van der Waals surface area contributed by atoms with Gasteiger partial charge in [0.05, 0.1) is 0 Å². The normalized spacial score (nSPS) is 19.2. The first-order valence-corrected chi connectivity index (χ1v) is 4.96. The molecule has 1 aromatic rings. The number of fused-ring (bicyclic) bond motifs is 1. The molecule has 0 radical (unpaired) electrons. The topological polar surface area (TPSA) is 41.1 Å². The predicted octanol–water partition coefficient (Wildman–Crippen LogP) is 1.68. The molecule has 0 fully saturated rings. The largest absolute Gasteiger partial charge is 0.324 e. The molecule has 1 aromatic carbocycles. The summed E-state index contributed by atoms with van der Waals surface area (Å²) in [6, 6.07) is 7.65. The number of para-hydroxylation sites is 1. The number of nitrogens with one attached hydrogen (secondary N) is 2. The van der Waals surface area contributed by atoms with Crippen molar-refractivity contribution in [3.63, 3.8) is 0 Å². The van der Waals surface area contributed by atoms with Crippen LogP contribution in [-0.4, -0.2) is 12.5 Å². The quantitative estimate of drug-likeness (QED) is 0.761. The molecule has 3 heteroatoms. The molecule has 0 saturated carbocycles. The highest BCUT2D eigenvalue weighted by Crippen LogP contribution is 2.29. The summed E-state index contributed by atoms with van der Waals surface area (Å²) in [6.45, 7) is 2.96. The number of rotatable bonds is 3. The first kappa shape index (κ1) is 9.21. The molecule has 1 heterocycles. The molecule has 1 aliphatic heterocycles. The van der Waals surface area contributed by atoms with Crippen LogP contribution in [-0.2, 0) is 4.79 Å². The highest BCUT2D eigenvalue weighted by Gasteiger charge is 2.28. The maximum absolute atomic E-state index is 11.6. The lowest BCUT2D eigenvalue weighted by Gasteiger charge is -2.09. The van der Waals surface area contributed by atoms with Crippen LogP contribution in [0.2, 0.25) is 0 Å². The van der Waals surface area contributed by atoms with E-state index >= 15 is 0 Å². The molecule has 2 rings (SSSR count). The zero-order valence-electron chi connectivity index (χ0n) is 8.21. The van der Waals surface area contributed by atoms with Gasteiger partial charge in [-0.05, 0) is 19.0 Å². The molecular weight excluding hydrogens is 176 g/mol. The Balaban J connectivity index is 2.21. The molecular formula is C11H14N2O. The van der Waals surface area contributed by atoms with E-state index in [4.69, 9.17) is 0 Å². The van der Waals surface area contributed by atoms with E-state index in [0.717, 1.165) is 24.2 Å². The van der Waals surface area contributed by atoms with Gasteiger partial charge in [0.15, 0.2) is 0 Å². The molecule has 1 atom stereocenters. The van der Waals surface area contributed by atoms with E-state index in [-0.39, 0.29) is 11.9 Å². The van der Waals surface area contributed by atoms with Gasteiger partial charge in [-0.15, -0.1) is 0 Å². The fraction of sp³-hybridized carbons (Fsp3) is 0.364. The van der Waals surface area contributed by atoms with Gasteiger partial charge in [-0.3, -0.25) is 4.79 Å². The van der Waals surface area contributed by atoms with Crippen molar-refractivity contribution in [2.24, 2.45) is 0 Å². The van der Waals surface area contributed by atoms with Crippen molar-refractivity contribution in [3.05, 3.63) is 29.8 Å². The van der Waals surface area contributed by atoms with E-state index < -0.39 is 0 Å². The van der Waals surface area contributed by atoms with E-state index in [1.165, 1.54) is 0 Å². The standard InChI is InChI=1S/C11H14N2O/c1-2-7-12-10-8-5-3-4-6-9(8)13-11(10)14/h3-6,10,12H,2,7H2,1H3,(H,13,14)/t10-/m1/s1. The number of hydrogen-bond acceptors (Lipinski definition) is 2. The lowest BCUT2D eigenvalue weighted by molar-refractivity contribution is -0.117. The Labute approximate surface area is 83.5 Å². The van der Waals surface area contributed by atoms with Gasteiger partial charge in [0.25, 0.3) is 0 Å². The molecule has 74 valence electrons. The summed E-state index contributed by atoms with van der Waals surface area (Å²) < 4.78 is 0. The molecule has 14 heavy (non-hydrogen) atoms. The highest BCUT2D eigenvalue weighted by molar-refractivity contribution is 6.02. The molecule has 0 unspecified atom stereocenters. The maximum Gasteiger partial charge on any atom is 0.246 e. The molecule has 1 amide bonds. The second kappa shape index (κ2) is 3.80. The van der Waals surface area contributed by atoms with Gasteiger partial charge < -0.3 is 10.6 Å². The van der Waals surface area contributed by atoms with Crippen LogP contribution in [0.15, 0.2) is 24.3 Å².